The van der Waals surface area contributed by atoms with E-state index in [1.807, 2.05) is 26.0 Å². The van der Waals surface area contributed by atoms with Crippen molar-refractivity contribution < 1.29 is 19.0 Å². The SMILES string of the molecule is CCCCCc1cc(OC)c(C=CC(C)OC(=O)CCC)c(OC)c1. The van der Waals surface area contributed by atoms with Gasteiger partial charge in [0.15, 0.2) is 0 Å². The zero-order valence-electron chi connectivity index (χ0n) is 16.3. The van der Waals surface area contributed by atoms with Crippen molar-refractivity contribution in [3.8, 4) is 11.5 Å². The van der Waals surface area contributed by atoms with E-state index in [-0.39, 0.29) is 12.1 Å². The highest BCUT2D eigenvalue weighted by Gasteiger charge is 2.12. The Balaban J connectivity index is 2.93. The van der Waals surface area contributed by atoms with Crippen molar-refractivity contribution in [3.05, 3.63) is 29.3 Å². The molecule has 0 aliphatic carbocycles. The van der Waals surface area contributed by atoms with Crippen molar-refractivity contribution in [3.63, 3.8) is 0 Å². The van der Waals surface area contributed by atoms with Crippen LogP contribution in [0.25, 0.3) is 6.08 Å². The average Bonchev–Trinajstić information content (AvgIpc) is 2.60. The third-order valence-electron chi connectivity index (χ3n) is 3.98. The fraction of sp³-hybridized carbons (Fsp3) is 0.571. The van der Waals surface area contributed by atoms with Gasteiger partial charge in [-0.15, -0.1) is 0 Å². The van der Waals surface area contributed by atoms with Crippen molar-refractivity contribution >= 4 is 12.0 Å². The zero-order valence-corrected chi connectivity index (χ0v) is 16.3. The van der Waals surface area contributed by atoms with Gasteiger partial charge in [0.25, 0.3) is 0 Å². The number of rotatable bonds is 11. The topological polar surface area (TPSA) is 44.8 Å². The molecule has 0 aromatic heterocycles. The molecule has 4 heteroatoms. The molecule has 1 aromatic carbocycles. The first-order valence-corrected chi connectivity index (χ1v) is 9.18. The number of ether oxygens (including phenoxy) is 3. The number of hydrogen-bond acceptors (Lipinski definition) is 4. The molecule has 1 rings (SSSR count). The zero-order chi connectivity index (χ0) is 18.7. The van der Waals surface area contributed by atoms with Gasteiger partial charge in [0, 0.05) is 6.42 Å². The van der Waals surface area contributed by atoms with Crippen molar-refractivity contribution in [1.82, 2.24) is 0 Å². The van der Waals surface area contributed by atoms with E-state index in [1.54, 1.807) is 14.2 Å². The minimum absolute atomic E-state index is 0.176. The normalized spacial score (nSPS) is 12.2. The average molecular weight is 348 g/mol. The number of carbonyl (C=O) groups is 1. The number of esters is 1. The van der Waals surface area contributed by atoms with Crippen LogP contribution in [0, 0.1) is 0 Å². The van der Waals surface area contributed by atoms with Crippen molar-refractivity contribution in [2.75, 3.05) is 14.2 Å². The van der Waals surface area contributed by atoms with Gasteiger partial charge in [-0.25, -0.2) is 0 Å². The Morgan fingerprint density at radius 3 is 2.24 bits per heavy atom. The highest BCUT2D eigenvalue weighted by Crippen LogP contribution is 2.32. The van der Waals surface area contributed by atoms with E-state index in [2.05, 4.69) is 19.1 Å². The third-order valence-corrected chi connectivity index (χ3v) is 3.98. The van der Waals surface area contributed by atoms with Gasteiger partial charge in [-0.05, 0) is 56.0 Å². The van der Waals surface area contributed by atoms with Gasteiger partial charge < -0.3 is 14.2 Å². The first-order valence-electron chi connectivity index (χ1n) is 9.18. The van der Waals surface area contributed by atoms with Gasteiger partial charge in [0.2, 0.25) is 0 Å². The van der Waals surface area contributed by atoms with Gasteiger partial charge in [0.05, 0.1) is 19.8 Å². The summed E-state index contributed by atoms with van der Waals surface area (Å²) >= 11 is 0. The summed E-state index contributed by atoms with van der Waals surface area (Å²) in [5, 5.41) is 0. The summed E-state index contributed by atoms with van der Waals surface area (Å²) in [5.41, 5.74) is 2.07. The lowest BCUT2D eigenvalue weighted by Gasteiger charge is -2.14. The fourth-order valence-corrected chi connectivity index (χ4v) is 2.62. The number of hydrogen-bond donors (Lipinski definition) is 0. The van der Waals surface area contributed by atoms with Gasteiger partial charge in [0.1, 0.15) is 17.6 Å². The molecule has 1 aromatic rings. The van der Waals surface area contributed by atoms with Crippen molar-refractivity contribution in [2.24, 2.45) is 0 Å². The summed E-state index contributed by atoms with van der Waals surface area (Å²) in [5.74, 6) is 1.37. The van der Waals surface area contributed by atoms with Crippen LogP contribution in [0.5, 0.6) is 11.5 Å². The van der Waals surface area contributed by atoms with E-state index in [0.29, 0.717) is 6.42 Å². The Morgan fingerprint density at radius 2 is 1.72 bits per heavy atom. The van der Waals surface area contributed by atoms with Gasteiger partial charge in [-0.2, -0.15) is 0 Å². The molecule has 0 amide bonds. The van der Waals surface area contributed by atoms with Crippen LogP contribution in [0.2, 0.25) is 0 Å². The molecule has 0 aliphatic rings. The van der Waals surface area contributed by atoms with E-state index >= 15 is 0 Å². The standard InChI is InChI=1S/C21H32O4/c1-6-8-9-11-17-14-19(23-4)18(20(15-17)24-5)13-12-16(3)25-21(22)10-7-2/h12-16H,6-11H2,1-5H3. The summed E-state index contributed by atoms with van der Waals surface area (Å²) in [6.07, 6.45) is 9.27. The Morgan fingerprint density at radius 1 is 1.08 bits per heavy atom. The molecular weight excluding hydrogens is 316 g/mol. The molecule has 4 nitrogen and oxygen atoms in total. The molecule has 0 saturated heterocycles. The molecule has 1 unspecified atom stereocenters. The molecule has 0 N–H and O–H groups in total. The van der Waals surface area contributed by atoms with Crippen LogP contribution in [-0.2, 0) is 16.0 Å². The van der Waals surface area contributed by atoms with Crippen LogP contribution in [0.15, 0.2) is 18.2 Å². The maximum absolute atomic E-state index is 11.6. The first kappa shape index (κ1) is 21.1. The summed E-state index contributed by atoms with van der Waals surface area (Å²) in [7, 11) is 3.32. The summed E-state index contributed by atoms with van der Waals surface area (Å²) < 4.78 is 16.4. The maximum atomic E-state index is 11.6. The summed E-state index contributed by atoms with van der Waals surface area (Å²) in [6.45, 7) is 6.01. The number of aryl methyl sites for hydroxylation is 1. The van der Waals surface area contributed by atoms with Gasteiger partial charge >= 0.3 is 5.97 Å². The monoisotopic (exact) mass is 348 g/mol. The Bertz CT molecular complexity index is 538. The molecular formula is C21H32O4. The number of methoxy groups -OCH3 is 2. The second kappa shape index (κ2) is 11.6. The minimum atomic E-state index is -0.294. The lowest BCUT2D eigenvalue weighted by molar-refractivity contribution is -0.146. The second-order valence-corrected chi connectivity index (χ2v) is 6.18. The largest absolute Gasteiger partial charge is 0.496 e. The molecule has 0 saturated carbocycles. The highest BCUT2D eigenvalue weighted by atomic mass is 16.5. The minimum Gasteiger partial charge on any atom is -0.496 e. The lowest BCUT2D eigenvalue weighted by atomic mass is 10.0. The number of carbonyl (C=O) groups excluding carboxylic acids is 1. The number of benzene rings is 1. The van der Waals surface area contributed by atoms with E-state index in [4.69, 9.17) is 14.2 Å². The van der Waals surface area contributed by atoms with Crippen LogP contribution < -0.4 is 9.47 Å². The molecule has 0 spiro atoms. The molecule has 1 atom stereocenters. The van der Waals surface area contributed by atoms with Gasteiger partial charge in [-0.1, -0.05) is 26.7 Å². The van der Waals surface area contributed by atoms with Crippen LogP contribution in [-0.4, -0.2) is 26.3 Å². The lowest BCUT2D eigenvalue weighted by Crippen LogP contribution is -2.11. The van der Waals surface area contributed by atoms with Crippen LogP contribution >= 0.6 is 0 Å². The molecule has 0 aliphatic heterocycles. The molecule has 0 fully saturated rings. The number of unbranched alkanes of at least 4 members (excludes halogenated alkanes) is 2. The predicted molar refractivity (Wildman–Crippen MR) is 102 cm³/mol. The van der Waals surface area contributed by atoms with Crippen LogP contribution in [0.1, 0.15) is 64.0 Å². The maximum Gasteiger partial charge on any atom is 0.306 e. The smallest absolute Gasteiger partial charge is 0.306 e. The summed E-state index contributed by atoms with van der Waals surface area (Å²) in [6, 6.07) is 4.12. The van der Waals surface area contributed by atoms with E-state index in [1.165, 1.54) is 18.4 Å². The molecule has 0 bridgehead atoms. The Kier molecular flexibility index (Phi) is 9.75. The fourth-order valence-electron chi connectivity index (χ4n) is 2.62. The van der Waals surface area contributed by atoms with Crippen LogP contribution in [0.3, 0.4) is 0 Å². The van der Waals surface area contributed by atoms with E-state index < -0.39 is 0 Å². The molecule has 140 valence electrons. The highest BCUT2D eigenvalue weighted by molar-refractivity contribution is 5.70. The van der Waals surface area contributed by atoms with E-state index in [9.17, 15) is 4.79 Å². The molecule has 0 radical (unpaired) electrons. The Hall–Kier alpha value is -1.97. The third kappa shape index (κ3) is 7.20. The van der Waals surface area contributed by atoms with E-state index in [0.717, 1.165) is 36.3 Å². The predicted octanol–water partition coefficient (Wildman–Crippen LogP) is 5.18. The van der Waals surface area contributed by atoms with Crippen molar-refractivity contribution in [2.45, 2.75) is 65.4 Å². The summed E-state index contributed by atoms with van der Waals surface area (Å²) in [4.78, 5) is 11.6. The van der Waals surface area contributed by atoms with Crippen LogP contribution in [0.4, 0.5) is 0 Å². The molecule has 0 heterocycles. The molecule has 25 heavy (non-hydrogen) atoms. The Labute approximate surface area is 152 Å². The second-order valence-electron chi connectivity index (χ2n) is 6.18. The first-order chi connectivity index (χ1) is 12.0. The van der Waals surface area contributed by atoms with Gasteiger partial charge in [-0.3, -0.25) is 4.79 Å². The quantitative estimate of drug-likeness (QED) is 0.408. The van der Waals surface area contributed by atoms with Crippen molar-refractivity contribution in [1.29, 1.82) is 0 Å².